The average Bonchev–Trinajstić information content (AvgIpc) is 3.42. The van der Waals surface area contributed by atoms with Crippen LogP contribution in [-0.4, -0.2) is 31.6 Å². The Balaban J connectivity index is 1.42. The molecule has 0 saturated heterocycles. The predicted molar refractivity (Wildman–Crippen MR) is 112 cm³/mol. The standard InChI is InChI=1S/C21H19N5O2S/c27-17(24-10-9-13-5-1-3-7-15(13)24)11-26-21(28)25-12-22-20-18(19(25)23-26)14-6-2-4-8-16(14)29-20/h1,3,5,7,12H,2,4,6,8-11H2. The first kappa shape index (κ1) is 16.9. The number of hydrogen-bond donors (Lipinski definition) is 0. The molecule has 0 fully saturated rings. The number of benzene rings is 1. The molecule has 0 atom stereocenters. The van der Waals surface area contributed by atoms with Crippen molar-refractivity contribution in [2.24, 2.45) is 0 Å². The molecule has 4 aromatic rings. The number of aryl methyl sites for hydroxylation is 2. The lowest BCUT2D eigenvalue weighted by molar-refractivity contribution is -0.119. The van der Waals surface area contributed by atoms with Gasteiger partial charge in [-0.05, 0) is 49.3 Å². The lowest BCUT2D eigenvalue weighted by Crippen LogP contribution is -2.35. The van der Waals surface area contributed by atoms with Gasteiger partial charge in [0.05, 0.1) is 5.39 Å². The first-order valence-corrected chi connectivity index (χ1v) is 10.8. The zero-order valence-corrected chi connectivity index (χ0v) is 16.6. The molecule has 0 saturated carbocycles. The molecule has 4 heterocycles. The van der Waals surface area contributed by atoms with Gasteiger partial charge in [-0.15, -0.1) is 16.4 Å². The van der Waals surface area contributed by atoms with Crippen LogP contribution in [0.3, 0.4) is 0 Å². The van der Waals surface area contributed by atoms with Crippen LogP contribution in [0, 0.1) is 0 Å². The number of hydrogen-bond acceptors (Lipinski definition) is 5. The zero-order chi connectivity index (χ0) is 19.5. The van der Waals surface area contributed by atoms with Crippen molar-refractivity contribution in [3.63, 3.8) is 0 Å². The summed E-state index contributed by atoms with van der Waals surface area (Å²) in [6, 6.07) is 7.92. The summed E-state index contributed by atoms with van der Waals surface area (Å²) in [5.41, 5.74) is 3.69. The normalized spacial score (nSPS) is 15.8. The van der Waals surface area contributed by atoms with Gasteiger partial charge in [0.2, 0.25) is 5.91 Å². The van der Waals surface area contributed by atoms with Crippen LogP contribution >= 0.6 is 11.3 Å². The molecule has 0 unspecified atom stereocenters. The van der Waals surface area contributed by atoms with Crippen LogP contribution in [0.25, 0.3) is 15.9 Å². The Morgan fingerprint density at radius 2 is 2.00 bits per heavy atom. The summed E-state index contributed by atoms with van der Waals surface area (Å²) >= 11 is 1.71. The van der Waals surface area contributed by atoms with Gasteiger partial charge in [0, 0.05) is 17.1 Å². The van der Waals surface area contributed by atoms with E-state index in [0.29, 0.717) is 12.2 Å². The van der Waals surface area contributed by atoms with E-state index in [0.717, 1.165) is 41.6 Å². The van der Waals surface area contributed by atoms with E-state index in [2.05, 4.69) is 10.1 Å². The van der Waals surface area contributed by atoms with Crippen molar-refractivity contribution in [2.45, 2.75) is 38.6 Å². The molecule has 1 aliphatic heterocycles. The molecular formula is C21H19N5O2S. The summed E-state index contributed by atoms with van der Waals surface area (Å²) in [6.45, 7) is 0.576. The fraction of sp³-hybridized carbons (Fsp3) is 0.333. The number of thiophene rings is 1. The number of aromatic nitrogens is 4. The lowest BCUT2D eigenvalue weighted by Gasteiger charge is -2.16. The molecule has 7 nitrogen and oxygen atoms in total. The molecule has 29 heavy (non-hydrogen) atoms. The summed E-state index contributed by atoms with van der Waals surface area (Å²) in [6.07, 6.45) is 6.80. The highest BCUT2D eigenvalue weighted by Crippen LogP contribution is 2.36. The molecule has 1 aromatic carbocycles. The fourth-order valence-electron chi connectivity index (χ4n) is 4.59. The van der Waals surface area contributed by atoms with Gasteiger partial charge >= 0.3 is 5.69 Å². The van der Waals surface area contributed by atoms with Gasteiger partial charge in [0.15, 0.2) is 5.65 Å². The SMILES string of the molecule is O=C(Cn1nc2c3c4c(sc3ncn2c1=O)CCCC4)N1CCc2ccccc21. The number of carbonyl (C=O) groups is 1. The summed E-state index contributed by atoms with van der Waals surface area (Å²) in [7, 11) is 0. The summed E-state index contributed by atoms with van der Waals surface area (Å²) in [4.78, 5) is 34.4. The minimum absolute atomic E-state index is 0.0668. The van der Waals surface area contributed by atoms with Crippen LogP contribution in [-0.2, 0) is 30.6 Å². The van der Waals surface area contributed by atoms with Crippen molar-refractivity contribution in [1.29, 1.82) is 0 Å². The number of carbonyl (C=O) groups excluding carboxylic acids is 1. The van der Waals surface area contributed by atoms with Gasteiger partial charge in [-0.1, -0.05) is 18.2 Å². The molecule has 8 heteroatoms. The molecule has 3 aromatic heterocycles. The second-order valence-electron chi connectivity index (χ2n) is 7.69. The maximum atomic E-state index is 13.0. The van der Waals surface area contributed by atoms with E-state index in [1.807, 2.05) is 24.3 Å². The number of rotatable bonds is 2. The number of amides is 1. The topological polar surface area (TPSA) is 72.5 Å². The molecule has 0 spiro atoms. The molecule has 1 aliphatic carbocycles. The quantitative estimate of drug-likeness (QED) is 0.514. The maximum absolute atomic E-state index is 13.0. The van der Waals surface area contributed by atoms with Crippen LogP contribution in [0.1, 0.15) is 28.8 Å². The van der Waals surface area contributed by atoms with E-state index in [9.17, 15) is 9.59 Å². The summed E-state index contributed by atoms with van der Waals surface area (Å²) in [5, 5.41) is 5.56. The monoisotopic (exact) mass is 405 g/mol. The summed E-state index contributed by atoms with van der Waals surface area (Å²) in [5.74, 6) is -0.114. The van der Waals surface area contributed by atoms with Crippen molar-refractivity contribution < 1.29 is 4.79 Å². The first-order chi connectivity index (χ1) is 14.2. The van der Waals surface area contributed by atoms with Crippen molar-refractivity contribution in [3.8, 4) is 0 Å². The Kier molecular flexibility index (Phi) is 3.64. The Bertz CT molecular complexity index is 1350. The molecule has 146 valence electrons. The fourth-order valence-corrected chi connectivity index (χ4v) is 5.82. The van der Waals surface area contributed by atoms with E-state index < -0.39 is 0 Å². The Morgan fingerprint density at radius 1 is 1.14 bits per heavy atom. The molecule has 0 N–H and O–H groups in total. The minimum atomic E-state index is -0.314. The Morgan fingerprint density at radius 3 is 2.93 bits per heavy atom. The summed E-state index contributed by atoms with van der Waals surface area (Å²) < 4.78 is 2.77. The smallest absolute Gasteiger partial charge is 0.310 e. The molecule has 0 bridgehead atoms. The second-order valence-corrected chi connectivity index (χ2v) is 8.78. The highest BCUT2D eigenvalue weighted by Gasteiger charge is 2.26. The maximum Gasteiger partial charge on any atom is 0.352 e. The van der Waals surface area contributed by atoms with E-state index in [1.54, 1.807) is 22.6 Å². The number of nitrogens with zero attached hydrogens (tertiary/aromatic N) is 5. The number of fused-ring (bicyclic) bond motifs is 6. The zero-order valence-electron chi connectivity index (χ0n) is 15.8. The van der Waals surface area contributed by atoms with Gasteiger partial charge in [-0.2, -0.15) is 0 Å². The molecule has 0 radical (unpaired) electrons. The first-order valence-electron chi connectivity index (χ1n) is 9.97. The van der Waals surface area contributed by atoms with Gasteiger partial charge in [-0.25, -0.2) is 18.9 Å². The molecule has 1 amide bonds. The minimum Gasteiger partial charge on any atom is -0.310 e. The van der Waals surface area contributed by atoms with Gasteiger partial charge in [0.25, 0.3) is 0 Å². The Labute approximate surface area is 170 Å². The van der Waals surface area contributed by atoms with Crippen LogP contribution < -0.4 is 10.6 Å². The third-order valence-electron chi connectivity index (χ3n) is 6.01. The van der Waals surface area contributed by atoms with Crippen LogP contribution in [0.2, 0.25) is 0 Å². The van der Waals surface area contributed by atoms with Gasteiger partial charge in [-0.3, -0.25) is 4.79 Å². The van der Waals surface area contributed by atoms with E-state index in [4.69, 9.17) is 0 Å². The highest BCUT2D eigenvalue weighted by molar-refractivity contribution is 7.19. The van der Waals surface area contributed by atoms with Crippen LogP contribution in [0.5, 0.6) is 0 Å². The molecular weight excluding hydrogens is 386 g/mol. The largest absolute Gasteiger partial charge is 0.352 e. The van der Waals surface area contributed by atoms with Crippen molar-refractivity contribution in [2.75, 3.05) is 11.4 Å². The van der Waals surface area contributed by atoms with Crippen molar-refractivity contribution in [1.82, 2.24) is 19.2 Å². The van der Waals surface area contributed by atoms with Gasteiger partial charge < -0.3 is 4.90 Å². The predicted octanol–water partition coefficient (Wildman–Crippen LogP) is 2.57. The molecule has 6 rings (SSSR count). The van der Waals surface area contributed by atoms with Gasteiger partial charge in [0.1, 0.15) is 17.7 Å². The number of anilines is 1. The highest BCUT2D eigenvalue weighted by atomic mass is 32.1. The lowest BCUT2D eigenvalue weighted by atomic mass is 9.97. The van der Waals surface area contributed by atoms with E-state index in [-0.39, 0.29) is 18.1 Å². The van der Waals surface area contributed by atoms with Crippen LogP contribution in [0.15, 0.2) is 35.4 Å². The third kappa shape index (κ3) is 2.48. The second kappa shape index (κ2) is 6.25. The molecule has 2 aliphatic rings. The van der Waals surface area contributed by atoms with Crippen LogP contribution in [0.4, 0.5) is 5.69 Å². The third-order valence-corrected chi connectivity index (χ3v) is 7.21. The van der Waals surface area contributed by atoms with E-state index >= 15 is 0 Å². The Hall–Kier alpha value is -3.00. The number of para-hydroxylation sites is 1. The van der Waals surface area contributed by atoms with E-state index in [1.165, 1.54) is 31.5 Å². The van der Waals surface area contributed by atoms with Crippen molar-refractivity contribution >= 4 is 38.8 Å². The average molecular weight is 405 g/mol. The van der Waals surface area contributed by atoms with Crippen molar-refractivity contribution in [3.05, 3.63) is 57.1 Å².